The van der Waals surface area contributed by atoms with Crippen LogP contribution in [0.4, 0.5) is 0 Å². The van der Waals surface area contributed by atoms with Crippen molar-refractivity contribution in [1.82, 2.24) is 0 Å². The quantitative estimate of drug-likeness (QED) is 0.0301. The van der Waals surface area contributed by atoms with Crippen LogP contribution in [-0.2, 0) is 18.2 Å². The Morgan fingerprint density at radius 2 is 0.728 bits per heavy atom. The van der Waals surface area contributed by atoms with E-state index >= 15 is 0 Å². The number of fused-ring (bicyclic) bond motifs is 6. The van der Waals surface area contributed by atoms with Gasteiger partial charge in [0.25, 0.3) is 0 Å². The summed E-state index contributed by atoms with van der Waals surface area (Å²) < 4.78 is 78.5. The summed E-state index contributed by atoms with van der Waals surface area (Å²) in [7, 11) is -3.62. The van der Waals surface area contributed by atoms with Crippen molar-refractivity contribution in [2.45, 2.75) is 54.3 Å². The Morgan fingerprint density at radius 1 is 0.424 bits per heavy atom. The van der Waals surface area contributed by atoms with Gasteiger partial charge in [-0.1, -0.05) is 37.8 Å². The van der Waals surface area contributed by atoms with Crippen LogP contribution in [0.15, 0.2) is 191 Å². The van der Waals surface area contributed by atoms with E-state index < -0.39 is 21.2 Å². The molecule has 22 heteroatoms. The van der Waals surface area contributed by atoms with Crippen molar-refractivity contribution in [3.63, 3.8) is 0 Å². The van der Waals surface area contributed by atoms with E-state index in [-0.39, 0.29) is 46.7 Å². The Bertz CT molecular complexity index is 4860. The van der Waals surface area contributed by atoms with E-state index in [0.717, 1.165) is 94.8 Å². The summed E-state index contributed by atoms with van der Waals surface area (Å²) in [5, 5.41) is 12.2. The van der Waals surface area contributed by atoms with Crippen LogP contribution in [0.3, 0.4) is 0 Å². The maximum Gasteiger partial charge on any atom is 0.530 e. The summed E-state index contributed by atoms with van der Waals surface area (Å²) in [6, 6.07) is 46.2. The van der Waals surface area contributed by atoms with Gasteiger partial charge in [0.2, 0.25) is 0 Å². The molecule has 6 aromatic rings. The SMILES string of the molecule is CCOP(=O)(OCC)Oc1ccc2c(-c3ccc(OC)cc3C)c3ccc(=O)cc-3oc2c1.COc1ccc(-c2c3ccc(=O)cc-3oc3cc(O)ccc23)c(C)c1.COc1ccc(-c2c3ccc(=O)cc-3oc3cc(OP(=O)(O)O)ccc23)c(C)c1.C[Si](C)(C)I. The predicted molar refractivity (Wildman–Crippen MR) is 371 cm³/mol. The molecule has 6 aromatic carbocycles. The van der Waals surface area contributed by atoms with Crippen LogP contribution in [0.25, 0.3) is 100 Å². The first-order valence-electron chi connectivity index (χ1n) is 28.9. The number of phenols is 1. The van der Waals surface area contributed by atoms with Gasteiger partial charge in [0, 0.05) is 85.9 Å². The second-order valence-electron chi connectivity index (χ2n) is 22.0. The number of aryl methyl sites for hydroxylation is 3. The van der Waals surface area contributed by atoms with Crippen molar-refractivity contribution in [3.05, 3.63) is 211 Å². The number of hydrogen-bond acceptors (Lipinski definition) is 16. The molecule has 0 unspecified atom stereocenters. The maximum absolute atomic E-state index is 12.8. The molecular weight excluding hydrogens is 1350 g/mol. The third kappa shape index (κ3) is 16.2. The van der Waals surface area contributed by atoms with Crippen LogP contribution in [-0.4, -0.2) is 55.0 Å². The molecule has 0 radical (unpaired) electrons. The van der Waals surface area contributed by atoms with E-state index in [4.69, 9.17) is 50.8 Å². The minimum Gasteiger partial charge on any atom is -0.508 e. The Balaban J connectivity index is 0.000000158. The fraction of sp³-hybridized carbons (Fsp3) is 0.186. The molecule has 18 nitrogen and oxygen atoms in total. The average molecular weight is 1410 g/mol. The lowest BCUT2D eigenvalue weighted by atomic mass is 9.91. The molecule has 0 atom stereocenters. The number of phenolic OH excluding ortho intramolecular Hbond substituents is 1. The van der Waals surface area contributed by atoms with Crippen LogP contribution in [0, 0.1) is 20.8 Å². The van der Waals surface area contributed by atoms with Gasteiger partial charge >= 0.3 is 15.6 Å². The first-order chi connectivity index (χ1) is 43.7. The Kier molecular flexibility index (Phi) is 21.0. The summed E-state index contributed by atoms with van der Waals surface area (Å²) in [6.45, 7) is 16.7. The van der Waals surface area contributed by atoms with E-state index in [1.54, 1.807) is 83.7 Å². The van der Waals surface area contributed by atoms with Gasteiger partial charge in [0.15, 0.2) is 16.3 Å². The number of rotatable bonds is 14. The summed E-state index contributed by atoms with van der Waals surface area (Å²) in [5.41, 5.74) is 11.3. The first-order valence-corrected chi connectivity index (χ1v) is 38.5. The van der Waals surface area contributed by atoms with E-state index in [1.807, 2.05) is 87.5 Å². The minimum atomic E-state index is -4.71. The molecule has 3 N–H and O–H groups in total. The number of benzene rings is 9. The van der Waals surface area contributed by atoms with Crippen molar-refractivity contribution < 1.29 is 69.6 Å². The van der Waals surface area contributed by atoms with E-state index in [2.05, 4.69) is 46.0 Å². The highest BCUT2D eigenvalue weighted by molar-refractivity contribution is 14.1. The van der Waals surface area contributed by atoms with Gasteiger partial charge in [0.1, 0.15) is 74.1 Å². The third-order valence-corrected chi connectivity index (χ3v) is 16.2. The number of phosphoric ester groups is 2. The molecule has 0 amide bonds. The molecule has 0 saturated carbocycles. The average Bonchev–Trinajstić information content (AvgIpc) is 0.768. The second-order valence-corrected chi connectivity index (χ2v) is 38.6. The monoisotopic (exact) mass is 1410 g/mol. The van der Waals surface area contributed by atoms with E-state index in [9.17, 15) is 28.6 Å². The van der Waals surface area contributed by atoms with Crippen molar-refractivity contribution in [2.75, 3.05) is 34.5 Å². The molecule has 3 aliphatic carbocycles. The van der Waals surface area contributed by atoms with Crippen LogP contribution < -0.4 is 39.5 Å². The Morgan fingerprint density at radius 3 is 1.04 bits per heavy atom. The van der Waals surface area contributed by atoms with Crippen LogP contribution in [0.2, 0.25) is 19.6 Å². The summed E-state index contributed by atoms with van der Waals surface area (Å²) >= 11 is 2.52. The van der Waals surface area contributed by atoms with Crippen molar-refractivity contribution in [2.24, 2.45) is 0 Å². The van der Waals surface area contributed by atoms with Gasteiger partial charge in [0.05, 0.1) is 34.5 Å². The summed E-state index contributed by atoms with van der Waals surface area (Å²) in [5.74, 6) is 3.91. The number of halogens is 1. The van der Waals surface area contributed by atoms with Gasteiger partial charge in [-0.25, -0.2) is 9.13 Å². The van der Waals surface area contributed by atoms with Crippen LogP contribution >= 0.6 is 37.4 Å². The maximum atomic E-state index is 12.8. The predicted octanol–water partition coefficient (Wildman–Crippen LogP) is 17.6. The fourth-order valence-corrected chi connectivity index (χ4v) is 11.9. The summed E-state index contributed by atoms with van der Waals surface area (Å²) in [4.78, 5) is 53.8. The molecule has 476 valence electrons. The molecule has 92 heavy (non-hydrogen) atoms. The molecule has 12 rings (SSSR count). The zero-order valence-electron chi connectivity index (χ0n) is 52.2. The summed E-state index contributed by atoms with van der Waals surface area (Å²) in [6.07, 6.45) is 0. The molecule has 0 aromatic heterocycles. The fourth-order valence-electron chi connectivity index (χ4n) is 10.3. The normalized spacial score (nSPS) is 11.6. The molecule has 3 heterocycles. The Labute approximate surface area is 544 Å². The number of methoxy groups -OCH3 is 3. The topological polar surface area (TPSA) is 250 Å². The molecule has 3 aliphatic heterocycles. The van der Waals surface area contributed by atoms with Gasteiger partial charge in [-0.15, -0.1) is 21.8 Å². The smallest absolute Gasteiger partial charge is 0.508 e. The van der Waals surface area contributed by atoms with Gasteiger partial charge in [-0.2, -0.15) is 0 Å². The third-order valence-electron chi connectivity index (χ3n) is 14.1. The van der Waals surface area contributed by atoms with Crippen LogP contribution in [0.1, 0.15) is 30.5 Å². The van der Waals surface area contributed by atoms with Crippen LogP contribution in [0.5, 0.6) is 34.5 Å². The van der Waals surface area contributed by atoms with Gasteiger partial charge in [-0.05, 0) is 177 Å². The Hall–Kier alpha value is -8.56. The molecular formula is C70H67IO18P2Si. The highest BCUT2D eigenvalue weighted by Gasteiger charge is 2.29. The van der Waals surface area contributed by atoms with Crippen molar-refractivity contribution in [3.8, 4) is 102 Å². The van der Waals surface area contributed by atoms with Gasteiger partial charge < -0.3 is 41.6 Å². The lowest BCUT2D eigenvalue weighted by Crippen LogP contribution is -2.05. The zero-order valence-corrected chi connectivity index (χ0v) is 57.2. The largest absolute Gasteiger partial charge is 0.530 e. The molecule has 0 fully saturated rings. The molecule has 0 spiro atoms. The van der Waals surface area contributed by atoms with E-state index in [0.29, 0.717) is 39.4 Å². The minimum absolute atomic E-state index is 0.0374. The molecule has 0 bridgehead atoms. The van der Waals surface area contributed by atoms with E-state index in [1.165, 1.54) is 48.5 Å². The lowest BCUT2D eigenvalue weighted by Gasteiger charge is -2.19. The molecule has 6 aliphatic rings. The number of hydrogen-bond donors (Lipinski definition) is 3. The lowest BCUT2D eigenvalue weighted by molar-refractivity contribution is 0.167. The first kappa shape index (κ1) is 67.8. The zero-order chi connectivity index (χ0) is 66.4. The number of ether oxygens (including phenoxy) is 3. The number of aromatic hydroxyl groups is 1. The standard InChI is InChI=1S/C25H25O7P.C21H17O7P.C21H16O4.C3H9ISi/c1-5-29-33(27,30-6-2)32-19-9-12-22-24(15-19)31-23-14-17(26)7-10-21(23)25(22)20-11-8-18(28-4)13-16(20)3;1-12-9-14(26-2)4-7-16(12)21-17-6-3-13(22)10-19(17)27-20-11-15(5-8-18(20)21)28-29(23,24)25;1-12-9-15(24-2)5-8-16(12)21-17-6-3-13(22)10-19(17)25-20-11-14(23)4-7-18(20)21;1-5(2,3)4/h7-15H,5-6H2,1-4H3;3-11H,1-2H3,(H2,23,24,25);3-11,22H,1-2H3;1-3H3. The van der Waals surface area contributed by atoms with Crippen molar-refractivity contribution >= 4 is 75.9 Å². The van der Waals surface area contributed by atoms with Crippen molar-refractivity contribution in [1.29, 1.82) is 0 Å². The number of phosphoric acid groups is 2. The highest BCUT2D eigenvalue weighted by Crippen LogP contribution is 2.51. The molecule has 0 saturated heterocycles. The second kappa shape index (κ2) is 28.5. The van der Waals surface area contributed by atoms with Gasteiger partial charge in [-0.3, -0.25) is 33.2 Å². The highest BCUT2D eigenvalue weighted by atomic mass is 127.